The Balaban J connectivity index is 1.91. The number of alkyl halides is 6. The molecule has 3 rings (SSSR count). The first-order valence-corrected chi connectivity index (χ1v) is 9.36. The molecule has 0 saturated carbocycles. The molecule has 0 aromatic heterocycles. The van der Waals surface area contributed by atoms with E-state index in [1.54, 1.807) is 30.3 Å². The first-order chi connectivity index (χ1) is 14.9. The Bertz CT molecular complexity index is 961. The smallest absolute Gasteiger partial charge is 0.371 e. The van der Waals surface area contributed by atoms with Crippen molar-refractivity contribution in [2.45, 2.75) is 30.9 Å². The lowest BCUT2D eigenvalue weighted by molar-refractivity contribution is -0.143. The zero-order chi connectivity index (χ0) is 23.7. The number of hydrogen-bond acceptors (Lipinski definition) is 3. The predicted octanol–water partition coefficient (Wildman–Crippen LogP) is 4.88. The maximum atomic E-state index is 13.1. The Hall–Kier alpha value is -3.08. The van der Waals surface area contributed by atoms with Crippen molar-refractivity contribution in [3.63, 3.8) is 0 Å². The van der Waals surface area contributed by atoms with Gasteiger partial charge in [-0.3, -0.25) is 9.69 Å². The van der Waals surface area contributed by atoms with Crippen molar-refractivity contribution in [1.82, 2.24) is 10.2 Å². The van der Waals surface area contributed by atoms with Gasteiger partial charge in [-0.25, -0.2) is 4.79 Å². The Morgan fingerprint density at radius 1 is 1.06 bits per heavy atom. The molecule has 3 amide bonds. The molecule has 1 heterocycles. The van der Waals surface area contributed by atoms with Gasteiger partial charge in [0.05, 0.1) is 30.4 Å². The first-order valence-electron chi connectivity index (χ1n) is 9.36. The van der Waals surface area contributed by atoms with Crippen LogP contribution in [0.25, 0.3) is 0 Å². The van der Waals surface area contributed by atoms with Gasteiger partial charge in [0.2, 0.25) is 6.41 Å². The monoisotopic (exact) mass is 460 g/mol. The summed E-state index contributed by atoms with van der Waals surface area (Å²) in [4.78, 5) is 24.1. The molecule has 5 nitrogen and oxygen atoms in total. The number of amides is 3. The van der Waals surface area contributed by atoms with Crippen LogP contribution in [0, 0.1) is 0 Å². The van der Waals surface area contributed by atoms with Crippen LogP contribution in [0.1, 0.15) is 35.3 Å². The zero-order valence-corrected chi connectivity index (χ0v) is 16.6. The molecule has 0 spiro atoms. The molecule has 1 N–H and O–H groups in total. The number of urea groups is 1. The van der Waals surface area contributed by atoms with Gasteiger partial charge in [0, 0.05) is 0 Å². The third-order valence-corrected chi connectivity index (χ3v) is 5.16. The van der Waals surface area contributed by atoms with Crippen LogP contribution in [0.15, 0.2) is 48.5 Å². The molecule has 1 aliphatic rings. The molecule has 0 unspecified atom stereocenters. The van der Waals surface area contributed by atoms with Crippen LogP contribution in [0.2, 0.25) is 0 Å². The van der Waals surface area contributed by atoms with Gasteiger partial charge in [0.15, 0.2) is 0 Å². The Morgan fingerprint density at radius 2 is 1.62 bits per heavy atom. The number of nitrogens with zero attached hydrogens (tertiary/aromatic N) is 1. The molecule has 0 aliphatic carbocycles. The second-order valence-corrected chi connectivity index (χ2v) is 7.40. The second kappa shape index (κ2) is 8.45. The van der Waals surface area contributed by atoms with E-state index in [9.17, 15) is 35.9 Å². The average Bonchev–Trinajstić information content (AvgIpc) is 3.08. The highest BCUT2D eigenvalue weighted by Gasteiger charge is 2.45. The largest absolute Gasteiger partial charge is 0.416 e. The maximum Gasteiger partial charge on any atom is 0.416 e. The average molecular weight is 460 g/mol. The summed E-state index contributed by atoms with van der Waals surface area (Å²) < 4.78 is 84.5. The molecule has 2 atom stereocenters. The minimum absolute atomic E-state index is 0.0425. The molecule has 1 saturated heterocycles. The molecule has 32 heavy (non-hydrogen) atoms. The number of benzene rings is 2. The second-order valence-electron chi connectivity index (χ2n) is 7.40. The molecule has 2 aromatic carbocycles. The number of carbonyl (C=O) groups is 2. The quantitative estimate of drug-likeness (QED) is 0.494. The predicted molar refractivity (Wildman–Crippen MR) is 100 cm³/mol. The molecule has 2 aromatic rings. The topological polar surface area (TPSA) is 58.6 Å². The Labute approximate surface area is 179 Å². The molecule has 0 bridgehead atoms. The van der Waals surface area contributed by atoms with Gasteiger partial charge in [0.1, 0.15) is 5.54 Å². The van der Waals surface area contributed by atoms with Gasteiger partial charge in [0.25, 0.3) is 0 Å². The fraction of sp³-hybridized carbons (Fsp3) is 0.333. The third-order valence-electron chi connectivity index (χ3n) is 5.16. The van der Waals surface area contributed by atoms with Gasteiger partial charge in [-0.05, 0) is 36.2 Å². The highest BCUT2D eigenvalue weighted by molar-refractivity contribution is 5.88. The normalized spacial score (nSPS) is 20.2. The van der Waals surface area contributed by atoms with E-state index in [1.807, 2.05) is 0 Å². The third kappa shape index (κ3) is 4.87. The summed E-state index contributed by atoms with van der Waals surface area (Å²) in [5.41, 5.74) is -3.88. The number of imide groups is 1. The summed E-state index contributed by atoms with van der Waals surface area (Å²) in [6, 6.07) is 8.94. The van der Waals surface area contributed by atoms with Crippen LogP contribution >= 0.6 is 0 Å². The van der Waals surface area contributed by atoms with Crippen LogP contribution in [0.5, 0.6) is 0 Å². The van der Waals surface area contributed by atoms with Crippen LogP contribution in [-0.2, 0) is 27.4 Å². The number of hydrogen-bond donors (Lipinski definition) is 1. The van der Waals surface area contributed by atoms with Crippen LogP contribution in [-0.4, -0.2) is 30.5 Å². The number of ether oxygens (including phenoxy) is 1. The van der Waals surface area contributed by atoms with E-state index in [2.05, 4.69) is 5.32 Å². The van der Waals surface area contributed by atoms with E-state index < -0.39 is 41.2 Å². The summed E-state index contributed by atoms with van der Waals surface area (Å²) >= 11 is 0. The number of carbonyl (C=O) groups excluding carboxylic acids is 2. The first kappa shape index (κ1) is 23.6. The Kier molecular flexibility index (Phi) is 6.23. The van der Waals surface area contributed by atoms with Gasteiger partial charge in [-0.1, -0.05) is 30.3 Å². The van der Waals surface area contributed by atoms with Crippen molar-refractivity contribution in [3.05, 3.63) is 70.8 Å². The van der Waals surface area contributed by atoms with Gasteiger partial charge in [-0.15, -0.1) is 0 Å². The number of rotatable bonds is 6. The minimum atomic E-state index is -4.98. The SMILES string of the molecule is C[C@@H](OC[C@@]1(c2ccccc2)CN(C=O)C(=O)N1)c1cc(C(F)(F)F)cc(C(F)(F)F)c1. The fourth-order valence-corrected chi connectivity index (χ4v) is 3.43. The van der Waals surface area contributed by atoms with Gasteiger partial charge < -0.3 is 10.1 Å². The van der Waals surface area contributed by atoms with E-state index in [0.29, 0.717) is 24.1 Å². The maximum absolute atomic E-state index is 13.1. The Morgan fingerprint density at radius 3 is 2.09 bits per heavy atom. The summed E-state index contributed by atoms with van der Waals surface area (Å²) in [5, 5.41) is 2.63. The van der Waals surface area contributed by atoms with Crippen molar-refractivity contribution >= 4 is 12.4 Å². The van der Waals surface area contributed by atoms with E-state index in [-0.39, 0.29) is 24.8 Å². The van der Waals surface area contributed by atoms with Gasteiger partial charge in [-0.2, -0.15) is 26.3 Å². The molecular weight excluding hydrogens is 442 g/mol. The fourth-order valence-electron chi connectivity index (χ4n) is 3.43. The lowest BCUT2D eigenvalue weighted by atomic mass is 9.91. The molecule has 1 aliphatic heterocycles. The molecule has 0 radical (unpaired) electrons. The van der Waals surface area contributed by atoms with Crippen LogP contribution in [0.3, 0.4) is 0 Å². The molecular formula is C21H18F6N2O3. The summed E-state index contributed by atoms with van der Waals surface area (Å²) in [6.45, 7) is 0.886. The van der Waals surface area contributed by atoms with Crippen molar-refractivity contribution < 1.29 is 40.7 Å². The van der Waals surface area contributed by atoms with E-state index >= 15 is 0 Å². The van der Waals surface area contributed by atoms with Crippen LogP contribution < -0.4 is 5.32 Å². The molecule has 1 fully saturated rings. The van der Waals surface area contributed by atoms with Crippen LogP contribution in [0.4, 0.5) is 31.1 Å². The zero-order valence-electron chi connectivity index (χ0n) is 16.6. The van der Waals surface area contributed by atoms with Crippen molar-refractivity contribution in [2.75, 3.05) is 13.2 Å². The standard InChI is InChI=1S/C21H18F6N2O3/c1-13(14-7-16(20(22,23)24)9-17(8-14)21(25,26)27)32-11-19(15-5-3-2-4-6-15)10-29(12-30)18(31)28-19/h2-9,12-13H,10-11H2,1H3,(H,28,31)/t13-,19-/m1/s1. The number of halogens is 6. The minimum Gasteiger partial charge on any atom is -0.371 e. The molecule has 11 heteroatoms. The molecule has 172 valence electrons. The van der Waals surface area contributed by atoms with Gasteiger partial charge >= 0.3 is 18.4 Å². The van der Waals surface area contributed by atoms with E-state index in [4.69, 9.17) is 4.74 Å². The van der Waals surface area contributed by atoms with E-state index in [0.717, 1.165) is 4.90 Å². The highest BCUT2D eigenvalue weighted by atomic mass is 19.4. The lowest BCUT2D eigenvalue weighted by Crippen LogP contribution is -2.45. The van der Waals surface area contributed by atoms with Crippen molar-refractivity contribution in [3.8, 4) is 0 Å². The lowest BCUT2D eigenvalue weighted by Gasteiger charge is -2.30. The van der Waals surface area contributed by atoms with Crippen molar-refractivity contribution in [2.24, 2.45) is 0 Å². The highest BCUT2D eigenvalue weighted by Crippen LogP contribution is 2.38. The summed E-state index contributed by atoms with van der Waals surface area (Å²) in [7, 11) is 0. The van der Waals surface area contributed by atoms with Crippen molar-refractivity contribution in [1.29, 1.82) is 0 Å². The van der Waals surface area contributed by atoms with E-state index in [1.165, 1.54) is 6.92 Å². The number of nitrogens with one attached hydrogen (secondary N) is 1. The summed E-state index contributed by atoms with van der Waals surface area (Å²) in [5.74, 6) is 0. The summed E-state index contributed by atoms with van der Waals surface area (Å²) in [6.07, 6.45) is -10.8.